The molecule has 4 rings (SSSR count). The van der Waals surface area contributed by atoms with Gasteiger partial charge in [-0.05, 0) is 23.5 Å². The summed E-state index contributed by atoms with van der Waals surface area (Å²) < 4.78 is 5.28. The summed E-state index contributed by atoms with van der Waals surface area (Å²) in [5, 5.41) is 13.7. The number of nitrogen functional groups attached to an aromatic ring is 1. The number of nitrogens with zero attached hydrogens (tertiary/aromatic N) is 2. The number of hydrogen-bond acceptors (Lipinski definition) is 6. The molecule has 0 radical (unpaired) electrons. The number of Topliss-reactive ketones (excluding diaryl/α,β-unsaturated/α-hetero) is 1. The van der Waals surface area contributed by atoms with E-state index < -0.39 is 5.92 Å². The van der Waals surface area contributed by atoms with Gasteiger partial charge in [0.25, 0.3) is 0 Å². The first-order valence-electron chi connectivity index (χ1n) is 9.32. The summed E-state index contributed by atoms with van der Waals surface area (Å²) in [5.74, 6) is -0.0887. The maximum atomic E-state index is 13.2. The van der Waals surface area contributed by atoms with Crippen molar-refractivity contribution in [2.24, 2.45) is 5.41 Å². The maximum absolute atomic E-state index is 13.2. The molecule has 1 atom stereocenters. The van der Waals surface area contributed by atoms with Gasteiger partial charge in [-0.25, -0.2) is 0 Å². The summed E-state index contributed by atoms with van der Waals surface area (Å²) >= 11 is 6.54. The molecule has 1 aromatic heterocycles. The number of carbonyl (C=O) groups is 1. The lowest BCUT2D eigenvalue weighted by Gasteiger charge is -2.40. The number of fused-ring (bicyclic) bond motifs is 1. The van der Waals surface area contributed by atoms with Gasteiger partial charge < -0.3 is 15.8 Å². The van der Waals surface area contributed by atoms with Gasteiger partial charge in [-0.3, -0.25) is 4.79 Å². The Morgan fingerprint density at radius 1 is 1.34 bits per heavy atom. The van der Waals surface area contributed by atoms with Crippen molar-refractivity contribution in [3.63, 3.8) is 0 Å². The van der Waals surface area contributed by atoms with Crippen LogP contribution in [0.1, 0.15) is 49.3 Å². The third-order valence-corrected chi connectivity index (χ3v) is 5.87. The summed E-state index contributed by atoms with van der Waals surface area (Å²) in [6.45, 7) is 4.12. The molecule has 2 aliphatic rings. The Kier molecular flexibility index (Phi) is 4.51. The molecule has 3 N–H and O–H groups in total. The fraction of sp³-hybridized carbons (Fsp3) is 0.318. The van der Waals surface area contributed by atoms with E-state index in [4.69, 9.17) is 22.1 Å². The first kappa shape index (κ1) is 19.3. The monoisotopic (exact) mass is 408 g/mol. The van der Waals surface area contributed by atoms with Crippen LogP contribution in [0.25, 0.3) is 0 Å². The lowest BCUT2D eigenvalue weighted by Crippen LogP contribution is -2.34. The minimum atomic E-state index is -0.496. The molecule has 29 heavy (non-hydrogen) atoms. The SMILES string of the molecule is COc1nc(N)c2c(c1C#N)NC1=C(C(=O)CC(C)(C)C1)C2c1ccccc1Cl. The van der Waals surface area contributed by atoms with Crippen LogP contribution in [0.5, 0.6) is 5.88 Å². The zero-order valence-corrected chi connectivity index (χ0v) is 17.2. The van der Waals surface area contributed by atoms with E-state index in [0.29, 0.717) is 34.7 Å². The van der Waals surface area contributed by atoms with Crippen molar-refractivity contribution in [2.45, 2.75) is 32.6 Å². The van der Waals surface area contributed by atoms with E-state index >= 15 is 0 Å². The molecule has 0 saturated carbocycles. The Morgan fingerprint density at radius 3 is 2.72 bits per heavy atom. The van der Waals surface area contributed by atoms with Gasteiger partial charge >= 0.3 is 0 Å². The van der Waals surface area contributed by atoms with Crippen molar-refractivity contribution in [1.29, 1.82) is 5.26 Å². The fourth-order valence-electron chi connectivity index (χ4n) is 4.37. The molecular weight excluding hydrogens is 388 g/mol. The number of benzene rings is 1. The van der Waals surface area contributed by atoms with Gasteiger partial charge in [0.1, 0.15) is 17.5 Å². The summed E-state index contributed by atoms with van der Waals surface area (Å²) in [7, 11) is 1.45. The van der Waals surface area contributed by atoms with Crippen LogP contribution in [0, 0.1) is 16.7 Å². The zero-order valence-electron chi connectivity index (χ0n) is 16.5. The quantitative estimate of drug-likeness (QED) is 0.763. The molecule has 148 valence electrons. The molecule has 1 unspecified atom stereocenters. The van der Waals surface area contributed by atoms with E-state index in [9.17, 15) is 10.1 Å². The number of hydrogen-bond donors (Lipinski definition) is 2. The van der Waals surface area contributed by atoms with Crippen molar-refractivity contribution < 1.29 is 9.53 Å². The number of halogens is 1. The van der Waals surface area contributed by atoms with Crippen LogP contribution in [0.4, 0.5) is 11.5 Å². The van der Waals surface area contributed by atoms with E-state index in [1.54, 1.807) is 6.07 Å². The van der Waals surface area contributed by atoms with E-state index in [2.05, 4.69) is 30.2 Å². The first-order valence-corrected chi connectivity index (χ1v) is 9.70. The highest BCUT2D eigenvalue weighted by molar-refractivity contribution is 6.31. The molecule has 0 saturated heterocycles. The van der Waals surface area contributed by atoms with E-state index in [1.165, 1.54) is 7.11 Å². The summed E-state index contributed by atoms with van der Waals surface area (Å²) in [5.41, 5.74) is 9.72. The Morgan fingerprint density at radius 2 is 2.07 bits per heavy atom. The number of pyridine rings is 1. The van der Waals surface area contributed by atoms with Gasteiger partial charge in [-0.15, -0.1) is 0 Å². The summed E-state index contributed by atoms with van der Waals surface area (Å²) in [6.07, 6.45) is 1.10. The molecule has 1 aliphatic carbocycles. The van der Waals surface area contributed by atoms with Gasteiger partial charge in [-0.1, -0.05) is 43.6 Å². The van der Waals surface area contributed by atoms with Gasteiger partial charge in [0, 0.05) is 34.2 Å². The first-order chi connectivity index (χ1) is 13.8. The van der Waals surface area contributed by atoms with Crippen molar-refractivity contribution in [2.75, 3.05) is 18.2 Å². The number of methoxy groups -OCH3 is 1. The second-order valence-electron chi connectivity index (χ2n) is 8.19. The van der Waals surface area contributed by atoms with Gasteiger partial charge in [-0.2, -0.15) is 10.2 Å². The van der Waals surface area contributed by atoms with Crippen LogP contribution in [0.2, 0.25) is 5.02 Å². The molecule has 0 fully saturated rings. The van der Waals surface area contributed by atoms with Crippen LogP contribution in [-0.4, -0.2) is 17.9 Å². The van der Waals surface area contributed by atoms with Crippen LogP contribution < -0.4 is 15.8 Å². The highest BCUT2D eigenvalue weighted by atomic mass is 35.5. The van der Waals surface area contributed by atoms with Gasteiger partial charge in [0.05, 0.1) is 12.8 Å². The molecule has 1 aliphatic heterocycles. The average Bonchev–Trinajstić information content (AvgIpc) is 2.65. The molecule has 0 amide bonds. The number of ketones is 1. The predicted octanol–water partition coefficient (Wildman–Crippen LogP) is 4.40. The third-order valence-electron chi connectivity index (χ3n) is 5.53. The van der Waals surface area contributed by atoms with Crippen LogP contribution >= 0.6 is 11.6 Å². The Balaban J connectivity index is 2.07. The Hall–Kier alpha value is -3.04. The summed E-state index contributed by atoms with van der Waals surface area (Å²) in [6, 6.07) is 9.55. The van der Waals surface area contributed by atoms with Crippen molar-refractivity contribution >= 4 is 28.9 Å². The highest BCUT2D eigenvalue weighted by Gasteiger charge is 2.43. The molecule has 1 aromatic carbocycles. The number of allylic oxidation sites excluding steroid dienone is 2. The highest BCUT2D eigenvalue weighted by Crippen LogP contribution is 2.52. The third kappa shape index (κ3) is 3.02. The average molecular weight is 409 g/mol. The van der Waals surface area contributed by atoms with Crippen LogP contribution in [0.3, 0.4) is 0 Å². The van der Waals surface area contributed by atoms with Crippen LogP contribution in [-0.2, 0) is 4.79 Å². The van der Waals surface area contributed by atoms with Crippen molar-refractivity contribution in [1.82, 2.24) is 4.98 Å². The standard InChI is InChI=1S/C22H21ClN4O2/c1-22(2)8-14-17(15(28)9-22)16(11-6-4-5-7-13(11)23)18-19(26-14)12(10-24)21(29-3)27-20(18)25/h4-7,16,26H,8-9H2,1-3H3,(H2,25,27). The normalized spacial score (nSPS) is 19.7. The number of ether oxygens (including phenoxy) is 1. The maximum Gasteiger partial charge on any atom is 0.235 e. The molecule has 2 heterocycles. The molecule has 2 aromatic rings. The molecule has 6 nitrogen and oxygen atoms in total. The number of nitriles is 1. The van der Waals surface area contributed by atoms with E-state index in [-0.39, 0.29) is 28.5 Å². The molecule has 0 bridgehead atoms. The van der Waals surface area contributed by atoms with Crippen LogP contribution in [0.15, 0.2) is 35.5 Å². The molecular formula is C22H21ClN4O2. The topological polar surface area (TPSA) is 101 Å². The second-order valence-corrected chi connectivity index (χ2v) is 8.60. The number of anilines is 2. The lowest BCUT2D eigenvalue weighted by atomic mass is 9.68. The lowest BCUT2D eigenvalue weighted by molar-refractivity contribution is -0.118. The largest absolute Gasteiger partial charge is 0.480 e. The summed E-state index contributed by atoms with van der Waals surface area (Å²) in [4.78, 5) is 17.5. The fourth-order valence-corrected chi connectivity index (χ4v) is 4.61. The zero-order chi connectivity index (χ0) is 20.9. The van der Waals surface area contributed by atoms with Gasteiger partial charge in [0.2, 0.25) is 5.88 Å². The minimum absolute atomic E-state index is 0.0491. The number of aromatic nitrogens is 1. The Labute approximate surface area is 174 Å². The van der Waals surface area contributed by atoms with E-state index in [1.807, 2.05) is 18.2 Å². The number of rotatable bonds is 2. The number of carbonyl (C=O) groups excluding carboxylic acids is 1. The Bertz CT molecular complexity index is 1110. The smallest absolute Gasteiger partial charge is 0.235 e. The molecule has 7 heteroatoms. The van der Waals surface area contributed by atoms with E-state index in [0.717, 1.165) is 11.3 Å². The second kappa shape index (κ2) is 6.78. The predicted molar refractivity (Wildman–Crippen MR) is 112 cm³/mol. The van der Waals surface area contributed by atoms with Crippen molar-refractivity contribution in [3.8, 4) is 11.9 Å². The molecule has 0 spiro atoms. The minimum Gasteiger partial charge on any atom is -0.480 e. The number of nitrogens with two attached hydrogens (primary N) is 1. The van der Waals surface area contributed by atoms with Crippen molar-refractivity contribution in [3.05, 3.63) is 57.2 Å². The number of nitrogens with one attached hydrogen (secondary N) is 1. The van der Waals surface area contributed by atoms with Gasteiger partial charge in [0.15, 0.2) is 5.78 Å².